The lowest BCUT2D eigenvalue weighted by atomic mass is 9.97. The van der Waals surface area contributed by atoms with Gasteiger partial charge in [0.1, 0.15) is 17.5 Å². The summed E-state index contributed by atoms with van der Waals surface area (Å²) in [4.78, 5) is 9.14. The van der Waals surface area contributed by atoms with Crippen LogP contribution in [0.3, 0.4) is 0 Å². The molecular formula is C16H28N4. The van der Waals surface area contributed by atoms with E-state index in [0.29, 0.717) is 6.04 Å². The Bertz CT molecular complexity index is 419. The third-order valence-corrected chi connectivity index (χ3v) is 4.14. The predicted molar refractivity (Wildman–Crippen MR) is 85.2 cm³/mol. The van der Waals surface area contributed by atoms with Crippen LogP contribution >= 0.6 is 0 Å². The molecule has 2 N–H and O–H groups in total. The zero-order valence-corrected chi connectivity index (χ0v) is 13.1. The van der Waals surface area contributed by atoms with Crippen molar-refractivity contribution in [3.05, 3.63) is 11.9 Å². The van der Waals surface area contributed by atoms with E-state index in [2.05, 4.69) is 41.4 Å². The van der Waals surface area contributed by atoms with Gasteiger partial charge in [0.05, 0.1) is 0 Å². The summed E-state index contributed by atoms with van der Waals surface area (Å²) in [6.45, 7) is 7.44. The largest absolute Gasteiger partial charge is 0.370 e. The van der Waals surface area contributed by atoms with Crippen molar-refractivity contribution in [2.45, 2.75) is 65.3 Å². The molecule has 1 saturated carbocycles. The highest BCUT2D eigenvalue weighted by molar-refractivity contribution is 5.48. The fourth-order valence-corrected chi connectivity index (χ4v) is 2.90. The summed E-state index contributed by atoms with van der Waals surface area (Å²) in [7, 11) is 0. The first-order chi connectivity index (χ1) is 9.72. The molecule has 0 spiro atoms. The molecule has 1 heterocycles. The summed E-state index contributed by atoms with van der Waals surface area (Å²) in [5.74, 6) is 3.54. The molecule has 1 aliphatic rings. The van der Waals surface area contributed by atoms with Crippen LogP contribution in [0.25, 0.3) is 0 Å². The lowest BCUT2D eigenvalue weighted by Gasteiger charge is -2.23. The average molecular weight is 276 g/mol. The average Bonchev–Trinajstić information content (AvgIpc) is 2.64. The number of rotatable bonds is 5. The molecule has 1 aromatic rings. The molecule has 0 radical (unpaired) electrons. The van der Waals surface area contributed by atoms with Gasteiger partial charge in [-0.05, 0) is 25.7 Å². The van der Waals surface area contributed by atoms with Crippen molar-refractivity contribution in [1.82, 2.24) is 9.97 Å². The second-order valence-corrected chi connectivity index (χ2v) is 5.80. The second kappa shape index (κ2) is 7.46. The van der Waals surface area contributed by atoms with Gasteiger partial charge >= 0.3 is 0 Å². The van der Waals surface area contributed by atoms with E-state index in [1.165, 1.54) is 32.1 Å². The van der Waals surface area contributed by atoms with Crippen LogP contribution < -0.4 is 10.6 Å². The van der Waals surface area contributed by atoms with Crippen LogP contribution in [0.2, 0.25) is 0 Å². The third-order valence-electron chi connectivity index (χ3n) is 4.14. The van der Waals surface area contributed by atoms with Gasteiger partial charge in [0.15, 0.2) is 0 Å². The fourth-order valence-electron chi connectivity index (χ4n) is 2.90. The molecule has 4 nitrogen and oxygen atoms in total. The molecule has 0 bridgehead atoms. The molecule has 20 heavy (non-hydrogen) atoms. The Morgan fingerprint density at radius 2 is 1.85 bits per heavy atom. The van der Waals surface area contributed by atoms with Gasteiger partial charge in [0.2, 0.25) is 0 Å². The predicted octanol–water partition coefficient (Wildman–Crippen LogP) is 3.85. The lowest BCUT2D eigenvalue weighted by Crippen LogP contribution is -2.27. The molecule has 4 heteroatoms. The van der Waals surface area contributed by atoms with Gasteiger partial charge in [-0.15, -0.1) is 0 Å². The lowest BCUT2D eigenvalue weighted by molar-refractivity contribution is 0.455. The third kappa shape index (κ3) is 4.09. The highest BCUT2D eigenvalue weighted by Crippen LogP contribution is 2.26. The van der Waals surface area contributed by atoms with Gasteiger partial charge in [0.25, 0.3) is 0 Å². The highest BCUT2D eigenvalue weighted by atomic mass is 15.1. The van der Waals surface area contributed by atoms with Crippen molar-refractivity contribution in [2.75, 3.05) is 17.2 Å². The fraction of sp³-hybridized carbons (Fsp3) is 0.750. The first-order valence-corrected chi connectivity index (χ1v) is 8.11. The molecular weight excluding hydrogens is 248 g/mol. The van der Waals surface area contributed by atoms with E-state index in [1.807, 2.05) is 6.07 Å². The van der Waals surface area contributed by atoms with E-state index in [4.69, 9.17) is 0 Å². The van der Waals surface area contributed by atoms with E-state index in [0.717, 1.165) is 36.3 Å². The number of nitrogens with one attached hydrogen (secondary N) is 2. The van der Waals surface area contributed by atoms with Crippen LogP contribution in [-0.2, 0) is 6.42 Å². The summed E-state index contributed by atoms with van der Waals surface area (Å²) in [6.07, 6.45) is 7.51. The maximum atomic E-state index is 4.63. The standard InChI is InChI=1S/C16H28N4/c1-4-14-19-15(17-5-2)11-16(20-14)18-13-10-8-6-7-9-12(13)3/h11-13H,4-10H2,1-3H3,(H2,17,18,19,20). The van der Waals surface area contributed by atoms with Crippen molar-refractivity contribution in [3.63, 3.8) is 0 Å². The van der Waals surface area contributed by atoms with Crippen molar-refractivity contribution < 1.29 is 0 Å². The summed E-state index contributed by atoms with van der Waals surface area (Å²) in [5.41, 5.74) is 0. The Kier molecular flexibility index (Phi) is 5.62. The van der Waals surface area contributed by atoms with Gasteiger partial charge in [0, 0.05) is 25.1 Å². The topological polar surface area (TPSA) is 49.8 Å². The van der Waals surface area contributed by atoms with Crippen LogP contribution in [0.4, 0.5) is 11.6 Å². The highest BCUT2D eigenvalue weighted by Gasteiger charge is 2.20. The maximum Gasteiger partial charge on any atom is 0.132 e. The van der Waals surface area contributed by atoms with E-state index in [1.54, 1.807) is 0 Å². The Hall–Kier alpha value is -1.32. The second-order valence-electron chi connectivity index (χ2n) is 5.80. The van der Waals surface area contributed by atoms with Crippen molar-refractivity contribution in [2.24, 2.45) is 5.92 Å². The van der Waals surface area contributed by atoms with E-state index in [9.17, 15) is 0 Å². The van der Waals surface area contributed by atoms with E-state index < -0.39 is 0 Å². The van der Waals surface area contributed by atoms with Crippen LogP contribution in [0.5, 0.6) is 0 Å². The number of nitrogens with zero attached hydrogens (tertiary/aromatic N) is 2. The number of hydrogen-bond donors (Lipinski definition) is 2. The number of aromatic nitrogens is 2. The van der Waals surface area contributed by atoms with Gasteiger partial charge < -0.3 is 10.6 Å². The number of hydrogen-bond acceptors (Lipinski definition) is 4. The van der Waals surface area contributed by atoms with Crippen molar-refractivity contribution >= 4 is 11.6 Å². The Labute approximate surface area is 122 Å². The minimum Gasteiger partial charge on any atom is -0.370 e. The van der Waals surface area contributed by atoms with Crippen LogP contribution in [-0.4, -0.2) is 22.6 Å². The molecule has 1 aliphatic carbocycles. The molecule has 2 atom stereocenters. The Balaban J connectivity index is 2.12. The molecule has 112 valence electrons. The molecule has 2 rings (SSSR count). The molecule has 0 aromatic carbocycles. The molecule has 1 fully saturated rings. The summed E-state index contributed by atoms with van der Waals surface area (Å²) < 4.78 is 0. The monoisotopic (exact) mass is 276 g/mol. The molecule has 1 aromatic heterocycles. The SMILES string of the molecule is CCNc1cc(NC2CCCCCC2C)nc(CC)n1. The quantitative estimate of drug-likeness (QED) is 0.802. The van der Waals surface area contributed by atoms with Gasteiger partial charge in [-0.1, -0.05) is 33.1 Å². The van der Waals surface area contributed by atoms with Crippen LogP contribution in [0.15, 0.2) is 6.07 Å². The molecule has 0 amide bonds. The summed E-state index contributed by atoms with van der Waals surface area (Å²) in [6, 6.07) is 2.59. The Morgan fingerprint density at radius 1 is 1.10 bits per heavy atom. The summed E-state index contributed by atoms with van der Waals surface area (Å²) >= 11 is 0. The number of anilines is 2. The summed E-state index contributed by atoms with van der Waals surface area (Å²) in [5, 5.41) is 6.95. The molecule has 2 unspecified atom stereocenters. The van der Waals surface area contributed by atoms with Gasteiger partial charge in [-0.2, -0.15) is 0 Å². The minimum atomic E-state index is 0.548. The van der Waals surface area contributed by atoms with Crippen molar-refractivity contribution in [1.29, 1.82) is 0 Å². The first-order valence-electron chi connectivity index (χ1n) is 8.11. The van der Waals surface area contributed by atoms with Crippen LogP contribution in [0, 0.1) is 5.92 Å². The molecule has 0 saturated heterocycles. The van der Waals surface area contributed by atoms with Gasteiger partial charge in [-0.25, -0.2) is 9.97 Å². The maximum absolute atomic E-state index is 4.63. The smallest absolute Gasteiger partial charge is 0.132 e. The van der Waals surface area contributed by atoms with Crippen LogP contribution in [0.1, 0.15) is 58.7 Å². The van der Waals surface area contributed by atoms with Crippen molar-refractivity contribution in [3.8, 4) is 0 Å². The van der Waals surface area contributed by atoms with E-state index in [-0.39, 0.29) is 0 Å². The first kappa shape index (κ1) is 15.1. The Morgan fingerprint density at radius 3 is 2.60 bits per heavy atom. The van der Waals surface area contributed by atoms with E-state index >= 15 is 0 Å². The molecule has 0 aliphatic heterocycles. The van der Waals surface area contributed by atoms with Gasteiger partial charge in [-0.3, -0.25) is 0 Å². The minimum absolute atomic E-state index is 0.548. The zero-order valence-electron chi connectivity index (χ0n) is 13.1. The number of aryl methyl sites for hydroxylation is 1. The normalized spacial score (nSPS) is 23.1. The zero-order chi connectivity index (χ0) is 14.4.